The van der Waals surface area contributed by atoms with Crippen LogP contribution in [0, 0.1) is 6.92 Å². The van der Waals surface area contributed by atoms with Gasteiger partial charge >= 0.3 is 5.97 Å². The molecule has 2 aromatic heterocycles. The van der Waals surface area contributed by atoms with Crippen LogP contribution in [0.4, 0.5) is 0 Å². The smallest absolute Gasteiger partial charge is 0.338 e. The van der Waals surface area contributed by atoms with E-state index >= 15 is 0 Å². The number of esters is 1. The summed E-state index contributed by atoms with van der Waals surface area (Å²) in [6.07, 6.45) is 3.54. The minimum Gasteiger partial charge on any atom is -0.463 e. The average Bonchev–Trinajstić information content (AvgIpc) is 3.21. The van der Waals surface area contributed by atoms with E-state index < -0.39 is 12.0 Å². The number of fused-ring (bicyclic) bond motifs is 1. The molecule has 3 aromatic rings. The van der Waals surface area contributed by atoms with Crippen LogP contribution in [0.5, 0.6) is 0 Å². The molecule has 1 aliphatic rings. The SMILES string of the molecule is CCOC(=O)C1=C(C)N=c2s/c(=C/c3cnn(C)c3C)c(=O)n2[C@H]1c1ccc(Cl)cc1. The van der Waals surface area contributed by atoms with Crippen LogP contribution in [0.25, 0.3) is 6.08 Å². The number of nitrogens with zero attached hydrogens (tertiary/aromatic N) is 4. The second-order valence-electron chi connectivity index (χ2n) is 7.16. The lowest BCUT2D eigenvalue weighted by Gasteiger charge is -2.24. The van der Waals surface area contributed by atoms with Crippen molar-refractivity contribution in [2.45, 2.75) is 26.8 Å². The van der Waals surface area contributed by atoms with E-state index in [1.54, 1.807) is 41.4 Å². The van der Waals surface area contributed by atoms with Crippen LogP contribution < -0.4 is 14.9 Å². The van der Waals surface area contributed by atoms with Crippen LogP contribution >= 0.6 is 22.9 Å². The molecule has 4 rings (SSSR count). The Morgan fingerprint density at radius 2 is 2.00 bits per heavy atom. The molecule has 0 N–H and O–H groups in total. The third-order valence-corrected chi connectivity index (χ3v) is 6.50. The number of carbonyl (C=O) groups is 1. The van der Waals surface area contributed by atoms with Gasteiger partial charge in [0.1, 0.15) is 0 Å². The molecule has 0 fully saturated rings. The van der Waals surface area contributed by atoms with Gasteiger partial charge in [-0.05, 0) is 44.5 Å². The molecular formula is C22H21ClN4O3S. The van der Waals surface area contributed by atoms with Gasteiger partial charge in [0.25, 0.3) is 5.56 Å². The zero-order chi connectivity index (χ0) is 22.3. The topological polar surface area (TPSA) is 78.5 Å². The van der Waals surface area contributed by atoms with Gasteiger partial charge in [-0.25, -0.2) is 9.79 Å². The first-order valence-electron chi connectivity index (χ1n) is 9.75. The summed E-state index contributed by atoms with van der Waals surface area (Å²) in [6, 6.07) is 6.46. The Hall–Kier alpha value is -2.97. The number of allylic oxidation sites excluding steroid dienone is 1. The Balaban J connectivity index is 1.97. The van der Waals surface area contributed by atoms with Crippen molar-refractivity contribution < 1.29 is 9.53 Å². The van der Waals surface area contributed by atoms with E-state index in [4.69, 9.17) is 16.3 Å². The zero-order valence-corrected chi connectivity index (χ0v) is 19.1. The average molecular weight is 457 g/mol. The van der Waals surface area contributed by atoms with Crippen molar-refractivity contribution in [3.05, 3.63) is 83.3 Å². The van der Waals surface area contributed by atoms with Crippen LogP contribution in [0.3, 0.4) is 0 Å². The molecule has 31 heavy (non-hydrogen) atoms. The highest BCUT2D eigenvalue weighted by Crippen LogP contribution is 2.31. The van der Waals surface area contributed by atoms with Gasteiger partial charge in [-0.2, -0.15) is 5.10 Å². The molecule has 0 unspecified atom stereocenters. The summed E-state index contributed by atoms with van der Waals surface area (Å²) in [6.45, 7) is 5.68. The number of carbonyl (C=O) groups excluding carboxylic acids is 1. The fourth-order valence-corrected chi connectivity index (χ4v) is 4.71. The third-order valence-electron chi connectivity index (χ3n) is 5.26. The zero-order valence-electron chi connectivity index (χ0n) is 17.5. The summed E-state index contributed by atoms with van der Waals surface area (Å²) in [5, 5.41) is 4.81. The monoisotopic (exact) mass is 456 g/mol. The van der Waals surface area contributed by atoms with Gasteiger partial charge < -0.3 is 4.74 Å². The molecular weight excluding hydrogens is 436 g/mol. The minimum atomic E-state index is -0.648. The van der Waals surface area contributed by atoms with Crippen molar-refractivity contribution in [3.8, 4) is 0 Å². The van der Waals surface area contributed by atoms with Crippen molar-refractivity contribution >= 4 is 35.0 Å². The molecule has 160 valence electrons. The largest absolute Gasteiger partial charge is 0.463 e. The standard InChI is InChI=1S/C22H21ClN4O3S/c1-5-30-21(29)18-12(2)25-22-27(19(18)14-6-8-16(23)9-7-14)20(28)17(31-22)10-15-11-24-26(4)13(15)3/h6-11,19H,5H2,1-4H3/b17-10+/t19-/m0/s1. The molecule has 1 atom stereocenters. The highest BCUT2D eigenvalue weighted by atomic mass is 35.5. The fourth-order valence-electron chi connectivity index (χ4n) is 3.55. The van der Waals surface area contributed by atoms with Gasteiger partial charge in [-0.3, -0.25) is 14.0 Å². The maximum absolute atomic E-state index is 13.5. The van der Waals surface area contributed by atoms with Crippen molar-refractivity contribution in [1.29, 1.82) is 0 Å². The molecule has 0 bridgehead atoms. The second-order valence-corrected chi connectivity index (χ2v) is 8.61. The number of ether oxygens (including phenoxy) is 1. The first-order valence-corrected chi connectivity index (χ1v) is 10.9. The molecule has 0 amide bonds. The molecule has 0 radical (unpaired) electrons. The van der Waals surface area contributed by atoms with Gasteiger partial charge in [-0.1, -0.05) is 35.1 Å². The number of thiazole rings is 1. The van der Waals surface area contributed by atoms with Gasteiger partial charge in [-0.15, -0.1) is 0 Å². The Morgan fingerprint density at radius 1 is 1.29 bits per heavy atom. The molecule has 1 aliphatic heterocycles. The Morgan fingerprint density at radius 3 is 2.61 bits per heavy atom. The molecule has 3 heterocycles. The van der Waals surface area contributed by atoms with Crippen LogP contribution in [0.2, 0.25) is 5.02 Å². The number of hydrogen-bond acceptors (Lipinski definition) is 6. The maximum atomic E-state index is 13.5. The van der Waals surface area contributed by atoms with Crippen LogP contribution in [-0.4, -0.2) is 26.9 Å². The lowest BCUT2D eigenvalue weighted by Crippen LogP contribution is -2.39. The summed E-state index contributed by atoms with van der Waals surface area (Å²) in [5.74, 6) is -0.485. The number of halogens is 1. The summed E-state index contributed by atoms with van der Waals surface area (Å²) in [7, 11) is 1.85. The van der Waals surface area contributed by atoms with Crippen LogP contribution in [0.15, 0.2) is 51.5 Å². The lowest BCUT2D eigenvalue weighted by atomic mass is 9.96. The van der Waals surface area contributed by atoms with Crippen molar-refractivity contribution in [2.75, 3.05) is 6.61 Å². The molecule has 9 heteroatoms. The van der Waals surface area contributed by atoms with Crippen molar-refractivity contribution in [3.63, 3.8) is 0 Å². The van der Waals surface area contributed by atoms with Crippen LogP contribution in [-0.2, 0) is 16.6 Å². The predicted octanol–water partition coefficient (Wildman–Crippen LogP) is 2.49. The van der Waals surface area contributed by atoms with E-state index in [9.17, 15) is 9.59 Å². The lowest BCUT2D eigenvalue weighted by molar-refractivity contribution is -0.139. The quantitative estimate of drug-likeness (QED) is 0.565. The molecule has 1 aromatic carbocycles. The van der Waals surface area contributed by atoms with Crippen molar-refractivity contribution in [2.24, 2.45) is 12.0 Å². The van der Waals surface area contributed by atoms with Crippen molar-refractivity contribution in [1.82, 2.24) is 14.3 Å². The summed E-state index contributed by atoms with van der Waals surface area (Å²) in [5.41, 5.74) is 3.22. The first-order chi connectivity index (χ1) is 14.8. The molecule has 7 nitrogen and oxygen atoms in total. The molecule has 0 spiro atoms. The highest BCUT2D eigenvalue weighted by Gasteiger charge is 2.33. The van der Waals surface area contributed by atoms with Gasteiger partial charge in [0.2, 0.25) is 0 Å². The predicted molar refractivity (Wildman–Crippen MR) is 120 cm³/mol. The van der Waals surface area contributed by atoms with Crippen LogP contribution in [0.1, 0.15) is 36.7 Å². The van der Waals surface area contributed by atoms with E-state index in [0.29, 0.717) is 25.6 Å². The molecule has 0 saturated heterocycles. The minimum absolute atomic E-state index is 0.221. The van der Waals surface area contributed by atoms with E-state index in [1.165, 1.54) is 11.3 Å². The number of hydrogen-bond donors (Lipinski definition) is 0. The second kappa shape index (κ2) is 8.28. The first kappa shape index (κ1) is 21.3. The van der Waals surface area contributed by atoms with E-state index in [-0.39, 0.29) is 12.2 Å². The van der Waals surface area contributed by atoms with E-state index in [1.807, 2.05) is 32.2 Å². The number of rotatable bonds is 4. The maximum Gasteiger partial charge on any atom is 0.338 e. The Bertz CT molecular complexity index is 1380. The number of benzene rings is 1. The molecule has 0 aliphatic carbocycles. The highest BCUT2D eigenvalue weighted by molar-refractivity contribution is 7.07. The van der Waals surface area contributed by atoms with Gasteiger partial charge in [0.15, 0.2) is 4.80 Å². The fraction of sp³-hybridized carbons (Fsp3) is 0.273. The third kappa shape index (κ3) is 3.77. The summed E-state index contributed by atoms with van der Waals surface area (Å²) < 4.78 is 9.12. The van der Waals surface area contributed by atoms with E-state index in [0.717, 1.165) is 16.8 Å². The summed E-state index contributed by atoms with van der Waals surface area (Å²) >= 11 is 7.36. The van der Waals surface area contributed by atoms with Gasteiger partial charge in [0, 0.05) is 23.3 Å². The number of aromatic nitrogens is 3. The number of aryl methyl sites for hydroxylation is 1. The Kier molecular flexibility index (Phi) is 5.68. The summed E-state index contributed by atoms with van der Waals surface area (Å²) in [4.78, 5) is 31.4. The normalized spacial score (nSPS) is 16.3. The van der Waals surface area contributed by atoms with E-state index in [2.05, 4.69) is 10.1 Å². The molecule has 0 saturated carbocycles. The van der Waals surface area contributed by atoms with Gasteiger partial charge in [0.05, 0.1) is 34.6 Å². The Labute approximate surface area is 187 Å².